The number of aliphatic carboxylic acids is 1. The van der Waals surface area contributed by atoms with E-state index in [1.807, 2.05) is 42.5 Å². The molecule has 0 unspecified atom stereocenters. The number of carboxylic acid groups (broad SMARTS) is 1. The van der Waals surface area contributed by atoms with Gasteiger partial charge in [-0.15, -0.1) is 0 Å². The van der Waals surface area contributed by atoms with Gasteiger partial charge in [0.25, 0.3) is 5.91 Å². The topological polar surface area (TPSA) is 92.7 Å². The minimum absolute atomic E-state index is 0.145. The number of benzene rings is 2. The quantitative estimate of drug-likeness (QED) is 0.788. The summed E-state index contributed by atoms with van der Waals surface area (Å²) in [6.45, 7) is 0.688. The molecule has 1 amide bonds. The van der Waals surface area contributed by atoms with Crippen molar-refractivity contribution in [1.82, 2.24) is 5.32 Å². The molecule has 6 nitrogen and oxygen atoms in total. The molecule has 0 aliphatic rings. The Hall–Kier alpha value is -2.89. The van der Waals surface area contributed by atoms with Gasteiger partial charge in [0.05, 0.1) is 0 Å². The minimum atomic E-state index is -1.14. The van der Waals surface area contributed by atoms with Crippen molar-refractivity contribution in [2.24, 2.45) is 0 Å². The van der Waals surface area contributed by atoms with E-state index in [9.17, 15) is 19.5 Å². The summed E-state index contributed by atoms with van der Waals surface area (Å²) in [4.78, 5) is 33.6. The maximum absolute atomic E-state index is 11.6. The smallest absolute Gasteiger partial charge is 0.326 e. The van der Waals surface area contributed by atoms with Crippen LogP contribution in [0, 0.1) is 0 Å². The summed E-state index contributed by atoms with van der Waals surface area (Å²) in [7, 11) is 0. The number of ether oxygens (including phenoxy) is 1. The fraction of sp³-hybridized carbons (Fsp3) is 0.235. The van der Waals surface area contributed by atoms with Crippen molar-refractivity contribution in [3.8, 4) is 0 Å². The maximum Gasteiger partial charge on any atom is 0.326 e. The van der Waals surface area contributed by atoms with E-state index in [0.29, 0.717) is 0 Å². The zero-order chi connectivity index (χ0) is 16.8. The highest BCUT2D eigenvalue weighted by atomic mass is 16.5. The van der Waals surface area contributed by atoms with Gasteiger partial charge in [0.1, 0.15) is 6.04 Å². The van der Waals surface area contributed by atoms with E-state index in [4.69, 9.17) is 0 Å². The van der Waals surface area contributed by atoms with Gasteiger partial charge in [-0.3, -0.25) is 9.59 Å². The molecule has 0 heterocycles. The molecule has 23 heavy (non-hydrogen) atoms. The molecule has 1 atom stereocenters. The van der Waals surface area contributed by atoms with E-state index in [1.54, 1.807) is 0 Å². The Morgan fingerprint density at radius 2 is 1.83 bits per heavy atom. The van der Waals surface area contributed by atoms with Crippen molar-refractivity contribution in [1.29, 1.82) is 0 Å². The first kappa shape index (κ1) is 16.5. The van der Waals surface area contributed by atoms with Gasteiger partial charge in [-0.25, -0.2) is 4.79 Å². The molecule has 0 aliphatic heterocycles. The number of hydrogen-bond acceptors (Lipinski definition) is 4. The Morgan fingerprint density at radius 1 is 1.13 bits per heavy atom. The number of amides is 1. The second-order valence-electron chi connectivity index (χ2n) is 5.12. The standard InChI is InChI=1S/C17H17NO5/c1-11(19)23-10-16(20)18-15(17(21)22)9-12-6-7-13-4-2-3-5-14(13)8-12/h2-8,15H,9-10H2,1H3,(H,18,20)(H,21,22)/t15-/m1/s1. The van der Waals surface area contributed by atoms with Crippen LogP contribution in [-0.4, -0.2) is 35.6 Å². The van der Waals surface area contributed by atoms with Crippen molar-refractivity contribution in [2.75, 3.05) is 6.61 Å². The van der Waals surface area contributed by atoms with Gasteiger partial charge < -0.3 is 15.2 Å². The van der Waals surface area contributed by atoms with Gasteiger partial charge in [0.15, 0.2) is 6.61 Å². The first-order chi connectivity index (χ1) is 11.0. The molecular weight excluding hydrogens is 298 g/mol. The molecule has 2 aromatic carbocycles. The number of fused-ring (bicyclic) bond motifs is 1. The van der Waals surface area contributed by atoms with Crippen molar-refractivity contribution >= 4 is 28.6 Å². The van der Waals surface area contributed by atoms with Gasteiger partial charge in [0.2, 0.25) is 0 Å². The van der Waals surface area contributed by atoms with E-state index in [-0.39, 0.29) is 6.42 Å². The molecular formula is C17H17NO5. The Kier molecular flexibility index (Phi) is 5.30. The number of carboxylic acids is 1. The monoisotopic (exact) mass is 315 g/mol. The molecule has 120 valence electrons. The number of rotatable bonds is 6. The third kappa shape index (κ3) is 4.81. The van der Waals surface area contributed by atoms with Gasteiger partial charge in [-0.05, 0) is 16.3 Å². The highest BCUT2D eigenvalue weighted by Gasteiger charge is 2.21. The summed E-state index contributed by atoms with van der Waals surface area (Å²) in [5.41, 5.74) is 0.795. The molecule has 2 N–H and O–H groups in total. The first-order valence-corrected chi connectivity index (χ1v) is 7.09. The lowest BCUT2D eigenvalue weighted by molar-refractivity contribution is -0.148. The largest absolute Gasteiger partial charge is 0.480 e. The summed E-state index contributed by atoms with van der Waals surface area (Å²) in [6, 6.07) is 12.3. The third-order valence-electron chi connectivity index (χ3n) is 3.29. The number of hydrogen-bond donors (Lipinski definition) is 2. The van der Waals surface area contributed by atoms with Crippen LogP contribution >= 0.6 is 0 Å². The van der Waals surface area contributed by atoms with E-state index in [0.717, 1.165) is 16.3 Å². The fourth-order valence-electron chi connectivity index (χ4n) is 2.20. The third-order valence-corrected chi connectivity index (χ3v) is 3.29. The van der Waals surface area contributed by atoms with Crippen LogP contribution in [0.5, 0.6) is 0 Å². The number of carbonyl (C=O) groups is 3. The van der Waals surface area contributed by atoms with Crippen LogP contribution in [-0.2, 0) is 25.5 Å². The summed E-state index contributed by atoms with van der Waals surface area (Å²) >= 11 is 0. The molecule has 2 rings (SSSR count). The first-order valence-electron chi connectivity index (χ1n) is 7.09. The zero-order valence-electron chi connectivity index (χ0n) is 12.6. The normalized spacial score (nSPS) is 11.7. The Morgan fingerprint density at radius 3 is 2.48 bits per heavy atom. The minimum Gasteiger partial charge on any atom is -0.480 e. The molecule has 0 fully saturated rings. The average molecular weight is 315 g/mol. The molecule has 0 saturated carbocycles. The average Bonchev–Trinajstić information content (AvgIpc) is 2.52. The Balaban J connectivity index is 2.07. The lowest BCUT2D eigenvalue weighted by Crippen LogP contribution is -2.44. The lowest BCUT2D eigenvalue weighted by Gasteiger charge is -2.15. The van der Waals surface area contributed by atoms with Gasteiger partial charge in [0, 0.05) is 13.3 Å². The van der Waals surface area contributed by atoms with E-state index >= 15 is 0 Å². The van der Waals surface area contributed by atoms with Crippen molar-refractivity contribution in [3.63, 3.8) is 0 Å². The van der Waals surface area contributed by atoms with E-state index < -0.39 is 30.5 Å². The molecule has 6 heteroatoms. The van der Waals surface area contributed by atoms with Crippen molar-refractivity contribution in [2.45, 2.75) is 19.4 Å². The summed E-state index contributed by atoms with van der Waals surface area (Å²) in [5, 5.41) is 13.7. The van der Waals surface area contributed by atoms with E-state index in [1.165, 1.54) is 6.92 Å². The summed E-state index contributed by atoms with van der Waals surface area (Å²) in [5.74, 6) is -2.38. The van der Waals surface area contributed by atoms with Gasteiger partial charge >= 0.3 is 11.9 Å². The van der Waals surface area contributed by atoms with E-state index in [2.05, 4.69) is 10.1 Å². The summed E-state index contributed by atoms with van der Waals surface area (Å²) < 4.78 is 4.55. The molecule has 2 aromatic rings. The van der Waals surface area contributed by atoms with Gasteiger partial charge in [-0.1, -0.05) is 42.5 Å². The molecule has 0 bridgehead atoms. The Bertz CT molecular complexity index is 741. The van der Waals surface area contributed by atoms with Crippen LogP contribution in [0.15, 0.2) is 42.5 Å². The van der Waals surface area contributed by atoms with Crippen LogP contribution in [0.1, 0.15) is 12.5 Å². The molecule has 0 spiro atoms. The number of esters is 1. The highest BCUT2D eigenvalue weighted by molar-refractivity contribution is 5.86. The predicted octanol–water partition coefficient (Wildman–Crippen LogP) is 1.51. The van der Waals surface area contributed by atoms with Crippen LogP contribution in [0.2, 0.25) is 0 Å². The number of nitrogens with one attached hydrogen (secondary N) is 1. The molecule has 0 saturated heterocycles. The highest BCUT2D eigenvalue weighted by Crippen LogP contribution is 2.16. The van der Waals surface area contributed by atoms with Crippen molar-refractivity contribution < 1.29 is 24.2 Å². The molecule has 0 radical (unpaired) electrons. The van der Waals surface area contributed by atoms with Crippen molar-refractivity contribution in [3.05, 3.63) is 48.0 Å². The SMILES string of the molecule is CC(=O)OCC(=O)N[C@H](Cc1ccc2ccccc2c1)C(=O)O. The van der Waals surface area contributed by atoms with Crippen LogP contribution < -0.4 is 5.32 Å². The van der Waals surface area contributed by atoms with Crippen LogP contribution in [0.3, 0.4) is 0 Å². The maximum atomic E-state index is 11.6. The number of carbonyl (C=O) groups excluding carboxylic acids is 2. The lowest BCUT2D eigenvalue weighted by atomic mass is 10.0. The van der Waals surface area contributed by atoms with Crippen LogP contribution in [0.4, 0.5) is 0 Å². The zero-order valence-corrected chi connectivity index (χ0v) is 12.6. The second-order valence-corrected chi connectivity index (χ2v) is 5.12. The fourth-order valence-corrected chi connectivity index (χ4v) is 2.20. The molecule has 0 aliphatic carbocycles. The Labute approximate surface area is 133 Å². The van der Waals surface area contributed by atoms with Gasteiger partial charge in [-0.2, -0.15) is 0 Å². The summed E-state index contributed by atoms with van der Waals surface area (Å²) in [6.07, 6.45) is 0.145. The molecule has 0 aromatic heterocycles. The second kappa shape index (κ2) is 7.40. The predicted molar refractivity (Wildman–Crippen MR) is 83.9 cm³/mol. The van der Waals surface area contributed by atoms with Crippen LogP contribution in [0.25, 0.3) is 10.8 Å².